The quantitative estimate of drug-likeness (QED) is 0.502. The molecule has 0 fully saturated rings. The fraction of sp³-hybridized carbons (Fsp3) is 0.0500. The highest BCUT2D eigenvalue weighted by Gasteiger charge is 2.31. The molecule has 4 rings (SSSR count). The van der Waals surface area contributed by atoms with E-state index in [0.29, 0.717) is 15.8 Å². The van der Waals surface area contributed by atoms with Crippen molar-refractivity contribution in [2.75, 3.05) is 0 Å². The van der Waals surface area contributed by atoms with Gasteiger partial charge in [0.05, 0.1) is 21.8 Å². The van der Waals surface area contributed by atoms with E-state index in [1.165, 1.54) is 24.5 Å². The summed E-state index contributed by atoms with van der Waals surface area (Å²) >= 11 is 6.17. The minimum Gasteiger partial charge on any atom is -0.477 e. The van der Waals surface area contributed by atoms with Crippen LogP contribution in [0.15, 0.2) is 59.7 Å². The number of carboxylic acids is 1. The van der Waals surface area contributed by atoms with Gasteiger partial charge in [0, 0.05) is 23.2 Å². The summed E-state index contributed by atoms with van der Waals surface area (Å²) in [5.41, 5.74) is -2.35. The second kappa shape index (κ2) is 6.59. The van der Waals surface area contributed by atoms with E-state index in [1.54, 1.807) is 6.07 Å². The van der Waals surface area contributed by atoms with E-state index >= 15 is 0 Å². The van der Waals surface area contributed by atoms with E-state index in [2.05, 4.69) is 4.98 Å². The summed E-state index contributed by atoms with van der Waals surface area (Å²) in [6.07, 6.45) is -1.74. The highest BCUT2D eigenvalue weighted by Crippen LogP contribution is 2.33. The van der Waals surface area contributed by atoms with Crippen molar-refractivity contribution in [2.24, 2.45) is 0 Å². The van der Waals surface area contributed by atoms with Crippen LogP contribution in [-0.4, -0.2) is 20.6 Å². The fourth-order valence-corrected chi connectivity index (χ4v) is 3.42. The molecule has 0 unspecified atom stereocenters. The maximum atomic E-state index is 13.3. The van der Waals surface area contributed by atoms with Crippen LogP contribution >= 0.6 is 11.6 Å². The van der Waals surface area contributed by atoms with E-state index < -0.39 is 28.8 Å². The second-order valence-corrected chi connectivity index (χ2v) is 6.67. The zero-order valence-corrected chi connectivity index (χ0v) is 15.1. The zero-order valence-electron chi connectivity index (χ0n) is 14.4. The number of fused-ring (bicyclic) bond motifs is 2. The number of aromatic carboxylic acids is 1. The van der Waals surface area contributed by atoms with E-state index in [-0.39, 0.29) is 16.6 Å². The molecule has 0 spiro atoms. The number of nitrogens with zero attached hydrogens (tertiary/aromatic N) is 2. The van der Waals surface area contributed by atoms with Gasteiger partial charge in [-0.25, -0.2) is 4.79 Å². The average Bonchev–Trinajstić information content (AvgIpc) is 2.67. The minimum atomic E-state index is -4.63. The third-order valence-corrected chi connectivity index (χ3v) is 4.87. The first-order valence-corrected chi connectivity index (χ1v) is 8.59. The van der Waals surface area contributed by atoms with Crippen molar-refractivity contribution >= 4 is 39.2 Å². The molecule has 0 bridgehead atoms. The zero-order chi connectivity index (χ0) is 20.9. The van der Waals surface area contributed by atoms with E-state index in [1.807, 2.05) is 0 Å². The first kappa shape index (κ1) is 18.9. The number of aromatic nitrogens is 2. The molecule has 146 valence electrons. The van der Waals surface area contributed by atoms with Crippen LogP contribution in [0.4, 0.5) is 13.2 Å². The van der Waals surface area contributed by atoms with Crippen molar-refractivity contribution in [1.82, 2.24) is 9.55 Å². The van der Waals surface area contributed by atoms with Crippen LogP contribution in [0.5, 0.6) is 0 Å². The Morgan fingerprint density at radius 2 is 1.83 bits per heavy atom. The maximum Gasteiger partial charge on any atom is 0.416 e. The lowest BCUT2D eigenvalue weighted by Gasteiger charge is -2.16. The summed E-state index contributed by atoms with van der Waals surface area (Å²) in [4.78, 5) is 28.5. The van der Waals surface area contributed by atoms with Crippen LogP contribution in [0, 0.1) is 0 Å². The minimum absolute atomic E-state index is 0.0738. The lowest BCUT2D eigenvalue weighted by atomic mass is 10.1. The van der Waals surface area contributed by atoms with E-state index in [9.17, 15) is 27.9 Å². The van der Waals surface area contributed by atoms with Crippen LogP contribution in [0.1, 0.15) is 15.9 Å². The van der Waals surface area contributed by atoms with Gasteiger partial charge >= 0.3 is 12.1 Å². The lowest BCUT2D eigenvalue weighted by Crippen LogP contribution is -2.26. The fourth-order valence-electron chi connectivity index (χ4n) is 3.21. The maximum absolute atomic E-state index is 13.3. The number of carbonyl (C=O) groups is 1. The van der Waals surface area contributed by atoms with Crippen molar-refractivity contribution < 1.29 is 23.1 Å². The highest BCUT2D eigenvalue weighted by atomic mass is 35.5. The molecule has 29 heavy (non-hydrogen) atoms. The van der Waals surface area contributed by atoms with Crippen LogP contribution in [0.2, 0.25) is 5.02 Å². The largest absolute Gasteiger partial charge is 0.477 e. The summed E-state index contributed by atoms with van der Waals surface area (Å²) in [6.45, 7) is 0. The molecule has 2 heterocycles. The number of carboxylic acid groups (broad SMARTS) is 1. The summed E-state index contributed by atoms with van der Waals surface area (Å²) in [7, 11) is 0. The Bertz CT molecular complexity index is 1360. The number of hydrogen-bond donors (Lipinski definition) is 1. The van der Waals surface area contributed by atoms with Gasteiger partial charge in [-0.05, 0) is 41.8 Å². The first-order valence-electron chi connectivity index (χ1n) is 8.21. The summed E-state index contributed by atoms with van der Waals surface area (Å²) < 4.78 is 40.7. The van der Waals surface area contributed by atoms with E-state index in [4.69, 9.17) is 11.6 Å². The number of benzene rings is 2. The Balaban J connectivity index is 2.21. The predicted octanol–water partition coefficient (Wildman–Crippen LogP) is 4.91. The first-order chi connectivity index (χ1) is 13.7. The number of hydrogen-bond acceptors (Lipinski definition) is 3. The molecule has 1 N–H and O–H groups in total. The number of rotatable bonds is 2. The van der Waals surface area contributed by atoms with Crippen molar-refractivity contribution in [1.29, 1.82) is 0 Å². The molecule has 9 heteroatoms. The van der Waals surface area contributed by atoms with Gasteiger partial charge in [-0.3, -0.25) is 14.3 Å². The molecule has 0 aliphatic carbocycles. The van der Waals surface area contributed by atoms with Crippen molar-refractivity contribution in [3.8, 4) is 5.69 Å². The average molecular weight is 419 g/mol. The smallest absolute Gasteiger partial charge is 0.416 e. The Morgan fingerprint density at radius 1 is 1.07 bits per heavy atom. The number of halogens is 4. The van der Waals surface area contributed by atoms with Crippen LogP contribution in [0.3, 0.4) is 0 Å². The number of alkyl halides is 3. The molecule has 0 saturated heterocycles. The third kappa shape index (κ3) is 3.11. The van der Waals surface area contributed by atoms with Crippen LogP contribution in [0.25, 0.3) is 27.4 Å². The summed E-state index contributed by atoms with van der Waals surface area (Å²) in [5, 5.41) is 10.8. The molecule has 2 aromatic heterocycles. The normalized spacial score (nSPS) is 11.9. The Kier molecular flexibility index (Phi) is 4.31. The van der Waals surface area contributed by atoms with Gasteiger partial charge < -0.3 is 5.11 Å². The van der Waals surface area contributed by atoms with E-state index in [0.717, 1.165) is 28.8 Å². The Hall–Kier alpha value is -3.39. The monoisotopic (exact) mass is 418 g/mol. The molecule has 0 atom stereocenters. The van der Waals surface area contributed by atoms with Gasteiger partial charge in [0.1, 0.15) is 5.56 Å². The van der Waals surface area contributed by atoms with Gasteiger partial charge in [0.15, 0.2) is 0 Å². The SMILES string of the molecule is O=C(O)c1cc2ccc(C(F)(F)F)cc2n(-c2ccc(Cl)c3cnccc23)c1=O. The second-order valence-electron chi connectivity index (χ2n) is 6.26. The molecule has 0 aliphatic heterocycles. The van der Waals surface area contributed by atoms with Gasteiger partial charge in [-0.15, -0.1) is 0 Å². The highest BCUT2D eigenvalue weighted by molar-refractivity contribution is 6.35. The molecule has 4 aromatic rings. The summed E-state index contributed by atoms with van der Waals surface area (Å²) in [6, 6.07) is 8.35. The molecule has 0 amide bonds. The molecule has 0 aliphatic rings. The van der Waals surface area contributed by atoms with Gasteiger partial charge in [0.2, 0.25) is 0 Å². The van der Waals surface area contributed by atoms with Gasteiger partial charge in [0.25, 0.3) is 5.56 Å². The van der Waals surface area contributed by atoms with Crippen LogP contribution < -0.4 is 5.56 Å². The van der Waals surface area contributed by atoms with Crippen molar-refractivity contribution in [3.63, 3.8) is 0 Å². The third-order valence-electron chi connectivity index (χ3n) is 4.55. The molecular weight excluding hydrogens is 409 g/mol. The van der Waals surface area contributed by atoms with Gasteiger partial charge in [-0.2, -0.15) is 13.2 Å². The predicted molar refractivity (Wildman–Crippen MR) is 102 cm³/mol. The summed E-state index contributed by atoms with van der Waals surface area (Å²) in [5.74, 6) is -1.48. The molecular formula is C20H10ClF3N2O3. The lowest BCUT2D eigenvalue weighted by molar-refractivity contribution is -0.137. The number of pyridine rings is 2. The molecule has 5 nitrogen and oxygen atoms in total. The van der Waals surface area contributed by atoms with Crippen molar-refractivity contribution in [3.05, 3.63) is 81.4 Å². The topological polar surface area (TPSA) is 72.2 Å². The Labute approximate surface area is 165 Å². The Morgan fingerprint density at radius 3 is 2.52 bits per heavy atom. The molecule has 0 radical (unpaired) electrons. The molecule has 2 aromatic carbocycles. The molecule has 0 saturated carbocycles. The van der Waals surface area contributed by atoms with Crippen LogP contribution in [-0.2, 0) is 6.18 Å². The van der Waals surface area contributed by atoms with Crippen molar-refractivity contribution in [2.45, 2.75) is 6.18 Å². The standard InChI is InChI=1S/C20H10ClF3N2O3/c21-15-3-4-16(12-5-6-25-9-14(12)15)26-17-8-11(20(22,23)24)2-1-10(17)7-13(18(26)27)19(28)29/h1-9H,(H,28,29). The van der Waals surface area contributed by atoms with Gasteiger partial charge in [-0.1, -0.05) is 17.7 Å².